The van der Waals surface area contributed by atoms with E-state index in [1.807, 2.05) is 0 Å². The molecule has 1 amide bonds. The molecular weight excluding hydrogens is 201 g/mol. The van der Waals surface area contributed by atoms with Crippen LogP contribution in [0.15, 0.2) is 10.9 Å². The Morgan fingerprint density at radius 2 is 2.07 bits per heavy atom. The Balaban J connectivity index is 3.48. The van der Waals surface area contributed by atoms with E-state index in [0.717, 1.165) is 0 Å². The summed E-state index contributed by atoms with van der Waals surface area (Å²) in [4.78, 5) is 22.8. The maximum absolute atomic E-state index is 13.0. The largest absolute Gasteiger partial charge is 0.366 e. The van der Waals surface area contributed by atoms with Gasteiger partial charge in [-0.3, -0.25) is 9.59 Å². The fraction of sp³-hybridized carbons (Fsp3) is 0.143. The lowest BCUT2D eigenvalue weighted by atomic mass is 10.2. The van der Waals surface area contributed by atoms with Gasteiger partial charge in [-0.05, 0) is 0 Å². The topological polar surface area (TPSA) is 76.0 Å². The molecule has 0 saturated carbocycles. The third-order valence-electron chi connectivity index (χ3n) is 1.49. The van der Waals surface area contributed by atoms with Crippen molar-refractivity contribution in [3.05, 3.63) is 33.5 Å². The molecule has 4 nitrogen and oxygen atoms in total. The molecule has 1 aromatic rings. The molecule has 0 radical (unpaired) electrons. The Morgan fingerprint density at radius 1 is 1.50 bits per heavy atom. The van der Waals surface area contributed by atoms with Gasteiger partial charge in [0.1, 0.15) is 5.69 Å². The van der Waals surface area contributed by atoms with E-state index in [1.54, 1.807) is 4.98 Å². The van der Waals surface area contributed by atoms with Crippen molar-refractivity contribution in [2.75, 3.05) is 0 Å². The second kappa shape index (κ2) is 3.52. The number of hydrogen-bond acceptors (Lipinski definition) is 2. The van der Waals surface area contributed by atoms with E-state index in [4.69, 9.17) is 0 Å². The van der Waals surface area contributed by atoms with Crippen LogP contribution in [0.2, 0.25) is 0 Å². The number of primary amides is 1. The van der Waals surface area contributed by atoms with Gasteiger partial charge in [-0.25, -0.2) is 13.2 Å². The molecule has 0 saturated heterocycles. The number of carbonyl (C=O) groups is 1. The van der Waals surface area contributed by atoms with Crippen LogP contribution in [0.5, 0.6) is 0 Å². The number of pyridine rings is 1. The third-order valence-corrected chi connectivity index (χ3v) is 1.49. The van der Waals surface area contributed by atoms with E-state index in [-0.39, 0.29) is 0 Å². The summed E-state index contributed by atoms with van der Waals surface area (Å²) in [6, 6.07) is 0.531. The number of nitrogens with one attached hydrogen (secondary N) is 1. The number of alkyl halides is 2. The zero-order chi connectivity index (χ0) is 10.9. The summed E-state index contributed by atoms with van der Waals surface area (Å²) in [6.45, 7) is 0. The molecule has 0 aliphatic heterocycles. The van der Waals surface area contributed by atoms with Gasteiger partial charge in [0.2, 0.25) is 5.56 Å². The Kier molecular flexibility index (Phi) is 2.59. The minimum absolute atomic E-state index is 0.531. The number of carbonyl (C=O) groups excluding carboxylic acids is 1. The van der Waals surface area contributed by atoms with Crippen LogP contribution in [-0.4, -0.2) is 10.9 Å². The Morgan fingerprint density at radius 3 is 2.50 bits per heavy atom. The molecule has 1 heterocycles. The van der Waals surface area contributed by atoms with Crippen molar-refractivity contribution in [1.82, 2.24) is 4.98 Å². The first-order chi connectivity index (χ1) is 6.43. The van der Waals surface area contributed by atoms with Crippen molar-refractivity contribution in [3.8, 4) is 0 Å². The van der Waals surface area contributed by atoms with Gasteiger partial charge in [0, 0.05) is 6.07 Å². The van der Waals surface area contributed by atoms with Crippen LogP contribution in [0.1, 0.15) is 22.5 Å². The molecule has 3 N–H and O–H groups in total. The molecule has 0 bridgehead atoms. The predicted molar refractivity (Wildman–Crippen MR) is 40.5 cm³/mol. The van der Waals surface area contributed by atoms with Gasteiger partial charge in [0.15, 0.2) is 5.82 Å². The lowest BCUT2D eigenvalue weighted by Crippen LogP contribution is -2.21. The number of nitrogens with two attached hydrogens (primary N) is 1. The molecule has 0 spiro atoms. The van der Waals surface area contributed by atoms with E-state index < -0.39 is 35.0 Å². The summed E-state index contributed by atoms with van der Waals surface area (Å²) < 4.78 is 37.2. The highest BCUT2D eigenvalue weighted by molar-refractivity contribution is 5.93. The van der Waals surface area contributed by atoms with E-state index >= 15 is 0 Å². The molecule has 0 fully saturated rings. The minimum Gasteiger partial charge on any atom is -0.366 e. The van der Waals surface area contributed by atoms with Crippen molar-refractivity contribution in [2.24, 2.45) is 5.73 Å². The molecule has 14 heavy (non-hydrogen) atoms. The second-order valence-corrected chi connectivity index (χ2v) is 2.44. The highest BCUT2D eigenvalue weighted by Gasteiger charge is 2.20. The number of amides is 1. The van der Waals surface area contributed by atoms with Crippen LogP contribution in [0.3, 0.4) is 0 Å². The van der Waals surface area contributed by atoms with Crippen LogP contribution < -0.4 is 11.3 Å². The Labute approximate surface area is 75.5 Å². The van der Waals surface area contributed by atoms with Crippen molar-refractivity contribution in [1.29, 1.82) is 0 Å². The van der Waals surface area contributed by atoms with E-state index in [2.05, 4.69) is 5.73 Å². The summed E-state index contributed by atoms with van der Waals surface area (Å²) in [7, 11) is 0. The van der Waals surface area contributed by atoms with Gasteiger partial charge in [-0.2, -0.15) is 0 Å². The van der Waals surface area contributed by atoms with Gasteiger partial charge in [0.25, 0.3) is 12.3 Å². The molecule has 0 aromatic carbocycles. The monoisotopic (exact) mass is 206 g/mol. The zero-order valence-corrected chi connectivity index (χ0v) is 6.68. The molecule has 1 rings (SSSR count). The SMILES string of the molecule is NC(=O)c1cc(=O)[nH]c(C(F)F)c1F. The van der Waals surface area contributed by atoms with Crippen LogP contribution in [-0.2, 0) is 0 Å². The van der Waals surface area contributed by atoms with Gasteiger partial charge in [-0.1, -0.05) is 0 Å². The molecule has 1 aromatic heterocycles. The van der Waals surface area contributed by atoms with Gasteiger partial charge < -0.3 is 10.7 Å². The second-order valence-electron chi connectivity index (χ2n) is 2.44. The lowest BCUT2D eigenvalue weighted by molar-refractivity contribution is 0.0993. The quantitative estimate of drug-likeness (QED) is 0.741. The molecule has 0 atom stereocenters. The highest BCUT2D eigenvalue weighted by Crippen LogP contribution is 2.19. The van der Waals surface area contributed by atoms with Gasteiger partial charge in [0.05, 0.1) is 5.56 Å². The Bertz CT molecular complexity index is 427. The van der Waals surface area contributed by atoms with Crippen LogP contribution in [0.25, 0.3) is 0 Å². The first kappa shape index (κ1) is 10.3. The molecule has 7 heteroatoms. The predicted octanol–water partition coefficient (Wildman–Crippen LogP) is 0.550. The fourth-order valence-electron chi connectivity index (χ4n) is 0.893. The third kappa shape index (κ3) is 1.76. The first-order valence-corrected chi connectivity index (χ1v) is 3.44. The van der Waals surface area contributed by atoms with Crippen molar-refractivity contribution in [2.45, 2.75) is 6.43 Å². The standard InChI is InChI=1S/C7H5F3N2O2/c8-4-2(7(11)14)1-3(13)12-5(4)6(9)10/h1,6H,(H2,11,14)(H,12,13). The normalized spacial score (nSPS) is 10.6. The van der Waals surface area contributed by atoms with E-state index in [0.29, 0.717) is 6.07 Å². The van der Waals surface area contributed by atoms with Crippen molar-refractivity contribution < 1.29 is 18.0 Å². The minimum atomic E-state index is -3.21. The average Bonchev–Trinajstić information content (AvgIpc) is 2.07. The van der Waals surface area contributed by atoms with Crippen LogP contribution >= 0.6 is 0 Å². The van der Waals surface area contributed by atoms with Crippen molar-refractivity contribution in [3.63, 3.8) is 0 Å². The smallest absolute Gasteiger partial charge is 0.281 e. The van der Waals surface area contributed by atoms with Gasteiger partial charge >= 0.3 is 0 Å². The van der Waals surface area contributed by atoms with Crippen LogP contribution in [0, 0.1) is 5.82 Å². The molecular formula is C7H5F3N2O2. The number of halogens is 3. The van der Waals surface area contributed by atoms with Crippen molar-refractivity contribution >= 4 is 5.91 Å². The Hall–Kier alpha value is -1.79. The maximum atomic E-state index is 13.0. The number of aromatic amines is 1. The number of rotatable bonds is 2. The number of hydrogen-bond donors (Lipinski definition) is 2. The summed E-state index contributed by atoms with van der Waals surface area (Å²) in [5.41, 5.74) is 1.60. The zero-order valence-electron chi connectivity index (χ0n) is 6.68. The summed E-state index contributed by atoms with van der Waals surface area (Å²) in [5, 5.41) is 0. The maximum Gasteiger partial charge on any atom is 0.281 e. The van der Waals surface area contributed by atoms with E-state index in [9.17, 15) is 22.8 Å². The summed E-state index contributed by atoms with van der Waals surface area (Å²) >= 11 is 0. The van der Waals surface area contributed by atoms with Crippen LogP contribution in [0.4, 0.5) is 13.2 Å². The number of aromatic nitrogens is 1. The summed E-state index contributed by atoms with van der Waals surface area (Å²) in [5.74, 6) is -2.76. The molecule has 76 valence electrons. The average molecular weight is 206 g/mol. The number of H-pyrrole nitrogens is 1. The summed E-state index contributed by atoms with van der Waals surface area (Å²) in [6.07, 6.45) is -3.21. The highest BCUT2D eigenvalue weighted by atomic mass is 19.3. The first-order valence-electron chi connectivity index (χ1n) is 3.44. The lowest BCUT2D eigenvalue weighted by Gasteiger charge is -2.03. The molecule has 0 aliphatic carbocycles. The van der Waals surface area contributed by atoms with Gasteiger partial charge in [-0.15, -0.1) is 0 Å². The van der Waals surface area contributed by atoms with E-state index in [1.165, 1.54) is 0 Å². The molecule has 0 aliphatic rings. The fourth-order valence-corrected chi connectivity index (χ4v) is 0.893. The molecule has 0 unspecified atom stereocenters.